The molecule has 2 amide bonds. The molecule has 0 unspecified atom stereocenters. The molecule has 27 heavy (non-hydrogen) atoms. The number of ether oxygens (including phenoxy) is 1. The average Bonchev–Trinajstić information content (AvgIpc) is 3.02. The number of hydrogen-bond donors (Lipinski definition) is 1. The third-order valence-electron chi connectivity index (χ3n) is 4.63. The zero-order chi connectivity index (χ0) is 18.8. The molecule has 1 aliphatic heterocycles. The highest BCUT2D eigenvalue weighted by Gasteiger charge is 2.29. The minimum atomic E-state index is -0.138. The molecule has 3 aromatic rings. The second-order valence-electron chi connectivity index (χ2n) is 6.43. The molecule has 0 saturated carbocycles. The number of benzene rings is 2. The van der Waals surface area contributed by atoms with E-state index >= 15 is 0 Å². The number of fused-ring (bicyclic) bond motifs is 2. The number of aromatic nitrogens is 1. The maximum Gasteiger partial charge on any atom is 0.259 e. The number of hydrogen-bond acceptors (Lipinski definition) is 4. The number of pyridine rings is 1. The van der Waals surface area contributed by atoms with Crippen LogP contribution in [0.4, 0.5) is 11.4 Å². The van der Waals surface area contributed by atoms with Crippen molar-refractivity contribution in [2.45, 2.75) is 13.0 Å². The Bertz CT molecular complexity index is 1030. The van der Waals surface area contributed by atoms with Gasteiger partial charge in [0.1, 0.15) is 0 Å². The van der Waals surface area contributed by atoms with Crippen molar-refractivity contribution in [3.05, 3.63) is 65.9 Å². The molecule has 1 aliphatic rings. The van der Waals surface area contributed by atoms with Crippen LogP contribution in [0.3, 0.4) is 0 Å². The van der Waals surface area contributed by atoms with E-state index in [0.717, 1.165) is 22.2 Å². The van der Waals surface area contributed by atoms with Crippen molar-refractivity contribution in [1.29, 1.82) is 0 Å². The molecule has 0 saturated heterocycles. The van der Waals surface area contributed by atoms with Gasteiger partial charge in [-0.05, 0) is 42.0 Å². The molecular weight excluding hydrogens is 342 g/mol. The van der Waals surface area contributed by atoms with Crippen LogP contribution < -0.4 is 10.2 Å². The van der Waals surface area contributed by atoms with Crippen LogP contribution in [0.2, 0.25) is 0 Å². The summed E-state index contributed by atoms with van der Waals surface area (Å²) in [5, 5.41) is 3.80. The second kappa shape index (κ2) is 7.17. The van der Waals surface area contributed by atoms with E-state index in [4.69, 9.17) is 4.74 Å². The number of rotatable bonds is 5. The standard InChI is InChI=1S/C21H19N3O3/c1-27-10-8-20(25)23-16-5-4-15-13-24(21(26)18(15)12-16)17-6-7-19-14(11-17)3-2-9-22-19/h2-7,9,11-12H,8,10,13H2,1H3,(H,23,25). The SMILES string of the molecule is COCCC(=O)Nc1ccc2c(c1)C(=O)N(c1ccc3ncccc3c1)C2. The van der Waals surface area contributed by atoms with E-state index in [-0.39, 0.29) is 18.2 Å². The highest BCUT2D eigenvalue weighted by Crippen LogP contribution is 2.31. The molecule has 1 aromatic heterocycles. The largest absolute Gasteiger partial charge is 0.384 e. The van der Waals surface area contributed by atoms with Crippen molar-refractivity contribution in [3.8, 4) is 0 Å². The zero-order valence-corrected chi connectivity index (χ0v) is 14.9. The van der Waals surface area contributed by atoms with Gasteiger partial charge in [0.2, 0.25) is 5.91 Å². The smallest absolute Gasteiger partial charge is 0.259 e. The summed E-state index contributed by atoms with van der Waals surface area (Å²) in [5.74, 6) is -0.206. The number of carbonyl (C=O) groups is 2. The molecule has 6 heteroatoms. The van der Waals surface area contributed by atoms with Crippen molar-refractivity contribution < 1.29 is 14.3 Å². The molecule has 0 aliphatic carbocycles. The summed E-state index contributed by atoms with van der Waals surface area (Å²) in [6.07, 6.45) is 2.03. The monoisotopic (exact) mass is 361 g/mol. The van der Waals surface area contributed by atoms with Crippen LogP contribution in [0.5, 0.6) is 0 Å². The minimum Gasteiger partial charge on any atom is -0.384 e. The molecule has 136 valence electrons. The first-order valence-electron chi connectivity index (χ1n) is 8.74. The van der Waals surface area contributed by atoms with Gasteiger partial charge in [0.05, 0.1) is 25.1 Å². The Morgan fingerprint density at radius 3 is 2.96 bits per heavy atom. The van der Waals surface area contributed by atoms with Gasteiger partial charge in [-0.15, -0.1) is 0 Å². The Morgan fingerprint density at radius 2 is 2.11 bits per heavy atom. The average molecular weight is 361 g/mol. The molecule has 0 spiro atoms. The second-order valence-corrected chi connectivity index (χ2v) is 6.43. The maximum atomic E-state index is 12.9. The summed E-state index contributed by atoms with van der Waals surface area (Å²) < 4.78 is 4.91. The molecule has 0 fully saturated rings. The normalized spacial score (nSPS) is 13.1. The molecule has 2 heterocycles. The van der Waals surface area contributed by atoms with Crippen molar-refractivity contribution >= 4 is 34.1 Å². The lowest BCUT2D eigenvalue weighted by Crippen LogP contribution is -2.23. The summed E-state index contributed by atoms with van der Waals surface area (Å²) in [6.45, 7) is 0.873. The van der Waals surface area contributed by atoms with Crippen LogP contribution in [0, 0.1) is 0 Å². The zero-order valence-electron chi connectivity index (χ0n) is 14.9. The predicted octanol–water partition coefficient (Wildman–Crippen LogP) is 3.37. The lowest BCUT2D eigenvalue weighted by Gasteiger charge is -2.16. The van der Waals surface area contributed by atoms with Crippen LogP contribution in [0.1, 0.15) is 22.3 Å². The Hall–Kier alpha value is -3.25. The number of anilines is 2. The van der Waals surface area contributed by atoms with Gasteiger partial charge in [0.15, 0.2) is 0 Å². The molecule has 1 N–H and O–H groups in total. The topological polar surface area (TPSA) is 71.5 Å². The first kappa shape index (κ1) is 17.2. The summed E-state index contributed by atoms with van der Waals surface area (Å²) in [7, 11) is 1.55. The fourth-order valence-electron chi connectivity index (χ4n) is 3.24. The van der Waals surface area contributed by atoms with Crippen molar-refractivity contribution in [3.63, 3.8) is 0 Å². The summed E-state index contributed by atoms with van der Waals surface area (Å²) in [4.78, 5) is 30.9. The molecule has 6 nitrogen and oxygen atoms in total. The van der Waals surface area contributed by atoms with Gasteiger partial charge in [-0.25, -0.2) is 0 Å². The van der Waals surface area contributed by atoms with Gasteiger partial charge in [-0.1, -0.05) is 12.1 Å². The van der Waals surface area contributed by atoms with E-state index in [9.17, 15) is 9.59 Å². The highest BCUT2D eigenvalue weighted by atomic mass is 16.5. The number of nitrogens with one attached hydrogen (secondary N) is 1. The maximum absolute atomic E-state index is 12.9. The van der Waals surface area contributed by atoms with Crippen LogP contribution in [-0.4, -0.2) is 30.5 Å². The van der Waals surface area contributed by atoms with E-state index in [1.165, 1.54) is 0 Å². The van der Waals surface area contributed by atoms with E-state index in [1.807, 2.05) is 42.5 Å². The lowest BCUT2D eigenvalue weighted by atomic mass is 10.1. The third-order valence-corrected chi connectivity index (χ3v) is 4.63. The molecule has 0 atom stereocenters. The van der Waals surface area contributed by atoms with E-state index in [2.05, 4.69) is 10.3 Å². The molecule has 4 rings (SSSR count). The summed E-state index contributed by atoms with van der Waals surface area (Å²) >= 11 is 0. The van der Waals surface area contributed by atoms with Gasteiger partial charge in [-0.3, -0.25) is 14.6 Å². The van der Waals surface area contributed by atoms with Gasteiger partial charge in [0.25, 0.3) is 5.91 Å². The van der Waals surface area contributed by atoms with Crippen molar-refractivity contribution in [1.82, 2.24) is 4.98 Å². The Morgan fingerprint density at radius 1 is 1.22 bits per heavy atom. The fourth-order valence-corrected chi connectivity index (χ4v) is 3.24. The predicted molar refractivity (Wildman–Crippen MR) is 104 cm³/mol. The van der Waals surface area contributed by atoms with E-state index in [1.54, 1.807) is 24.3 Å². The number of methoxy groups -OCH3 is 1. The lowest BCUT2D eigenvalue weighted by molar-refractivity contribution is -0.117. The van der Waals surface area contributed by atoms with Crippen LogP contribution in [0.25, 0.3) is 10.9 Å². The number of carbonyl (C=O) groups excluding carboxylic acids is 2. The molecule has 0 bridgehead atoms. The van der Waals surface area contributed by atoms with Crippen LogP contribution in [0.15, 0.2) is 54.7 Å². The number of amides is 2. The van der Waals surface area contributed by atoms with Crippen molar-refractivity contribution in [2.24, 2.45) is 0 Å². The molecule has 0 radical (unpaired) electrons. The van der Waals surface area contributed by atoms with Gasteiger partial charge < -0.3 is 15.0 Å². The summed E-state index contributed by atoms with van der Waals surface area (Å²) in [6, 6.07) is 15.1. The minimum absolute atomic E-state index is 0.0683. The summed E-state index contributed by atoms with van der Waals surface area (Å²) in [5.41, 5.74) is 3.91. The Labute approximate surface area is 156 Å². The fraction of sp³-hybridized carbons (Fsp3) is 0.190. The van der Waals surface area contributed by atoms with Crippen molar-refractivity contribution in [2.75, 3.05) is 23.9 Å². The van der Waals surface area contributed by atoms with E-state index in [0.29, 0.717) is 24.4 Å². The van der Waals surface area contributed by atoms with Gasteiger partial charge in [0, 0.05) is 35.6 Å². The molecular formula is C21H19N3O3. The number of nitrogens with zero attached hydrogens (tertiary/aromatic N) is 2. The Kier molecular flexibility index (Phi) is 4.56. The highest BCUT2D eigenvalue weighted by molar-refractivity contribution is 6.11. The van der Waals surface area contributed by atoms with Crippen LogP contribution in [-0.2, 0) is 16.1 Å². The first-order chi connectivity index (χ1) is 13.2. The third kappa shape index (κ3) is 3.39. The first-order valence-corrected chi connectivity index (χ1v) is 8.74. The van der Waals surface area contributed by atoms with Gasteiger partial charge in [-0.2, -0.15) is 0 Å². The quantitative estimate of drug-likeness (QED) is 0.756. The van der Waals surface area contributed by atoms with Gasteiger partial charge >= 0.3 is 0 Å². The Balaban J connectivity index is 1.57. The van der Waals surface area contributed by atoms with Crippen LogP contribution >= 0.6 is 0 Å². The molecule has 2 aromatic carbocycles. The van der Waals surface area contributed by atoms with E-state index < -0.39 is 0 Å².